The first kappa shape index (κ1) is 25.3. The number of aromatic hydroxyl groups is 2. The Hall–Kier alpha value is -3.37. The second kappa shape index (κ2) is 12.2. The molecular weight excluding hydrogens is 442 g/mol. The van der Waals surface area contributed by atoms with Crippen molar-refractivity contribution in [2.45, 2.75) is 39.2 Å². The minimum absolute atomic E-state index is 0.00885. The zero-order chi connectivity index (χ0) is 24.5. The number of nitrogens with zero attached hydrogens (tertiary/aromatic N) is 2. The van der Waals surface area contributed by atoms with Crippen LogP contribution in [0.4, 0.5) is 5.69 Å². The normalized spacial score (nSPS) is 13.1. The predicted octanol–water partition coefficient (Wildman–Crippen LogP) is 1.96. The highest BCUT2D eigenvalue weighted by atomic mass is 16.5. The average molecular weight is 474 g/mol. The van der Waals surface area contributed by atoms with Gasteiger partial charge in [-0.05, 0) is 31.0 Å². The molecule has 3 rings (SSSR count). The Morgan fingerprint density at radius 1 is 1.03 bits per heavy atom. The van der Waals surface area contributed by atoms with Gasteiger partial charge in [-0.1, -0.05) is 12.1 Å². The molecule has 0 radical (unpaired) electrons. The molecule has 10 nitrogen and oxygen atoms in total. The third-order valence-corrected chi connectivity index (χ3v) is 5.55. The van der Waals surface area contributed by atoms with Crippen LogP contribution in [0.15, 0.2) is 30.3 Å². The summed E-state index contributed by atoms with van der Waals surface area (Å²) in [5, 5.41) is 22.3. The monoisotopic (exact) mass is 473 g/mol. The summed E-state index contributed by atoms with van der Waals surface area (Å²) in [6.45, 7) is 3.76. The lowest BCUT2D eigenvalue weighted by molar-refractivity contribution is -0.152. The van der Waals surface area contributed by atoms with Crippen molar-refractivity contribution in [2.75, 3.05) is 38.3 Å². The number of likely N-dealkylation sites (tertiary alicyclic amines) is 1. The molecule has 0 bridgehead atoms. The number of amides is 3. The van der Waals surface area contributed by atoms with E-state index in [1.165, 1.54) is 15.5 Å². The molecule has 0 aliphatic carbocycles. The maximum atomic E-state index is 12.1. The summed E-state index contributed by atoms with van der Waals surface area (Å²) in [7, 11) is 0. The van der Waals surface area contributed by atoms with E-state index in [4.69, 9.17) is 9.47 Å². The molecule has 1 aliphatic heterocycles. The first-order valence-corrected chi connectivity index (χ1v) is 11.3. The van der Waals surface area contributed by atoms with Crippen LogP contribution < -0.4 is 5.32 Å². The molecule has 184 valence electrons. The maximum absolute atomic E-state index is 12.1. The summed E-state index contributed by atoms with van der Waals surface area (Å²) in [6.07, 6.45) is 1.48. The van der Waals surface area contributed by atoms with Gasteiger partial charge in [0.15, 0.2) is 11.8 Å². The number of aromatic nitrogens is 1. The number of anilines is 1. The lowest BCUT2D eigenvalue weighted by Crippen LogP contribution is -2.47. The molecule has 0 saturated carbocycles. The molecule has 1 aliphatic rings. The number of carbonyl (C=O) groups excluding carboxylic acids is 3. The van der Waals surface area contributed by atoms with E-state index in [1.807, 2.05) is 12.1 Å². The van der Waals surface area contributed by atoms with Gasteiger partial charge in [-0.15, -0.1) is 0 Å². The van der Waals surface area contributed by atoms with Crippen molar-refractivity contribution in [3.05, 3.63) is 41.5 Å². The van der Waals surface area contributed by atoms with E-state index >= 15 is 0 Å². The molecule has 2 heterocycles. The lowest BCUT2D eigenvalue weighted by atomic mass is 10.1. The van der Waals surface area contributed by atoms with Crippen molar-refractivity contribution in [1.29, 1.82) is 0 Å². The number of hydrogen-bond donors (Lipinski definition) is 3. The Bertz CT molecular complexity index is 1000. The molecule has 0 atom stereocenters. The average Bonchev–Trinajstić information content (AvgIpc) is 3.05. The fourth-order valence-electron chi connectivity index (χ4n) is 3.46. The molecular formula is C24H31N3O7. The van der Waals surface area contributed by atoms with E-state index < -0.39 is 0 Å². The molecule has 2 aromatic rings. The van der Waals surface area contributed by atoms with Crippen LogP contribution in [0.3, 0.4) is 0 Å². The van der Waals surface area contributed by atoms with Crippen LogP contribution >= 0.6 is 0 Å². The predicted molar refractivity (Wildman–Crippen MR) is 123 cm³/mol. The molecule has 1 aromatic heterocycles. The number of imide groups is 1. The lowest BCUT2D eigenvalue weighted by Gasteiger charge is -2.28. The first-order valence-electron chi connectivity index (χ1n) is 11.3. The van der Waals surface area contributed by atoms with Crippen LogP contribution in [-0.2, 0) is 36.8 Å². The van der Waals surface area contributed by atoms with Gasteiger partial charge >= 0.3 is 0 Å². The minimum atomic E-state index is -0.172. The fraction of sp³-hybridized carbons (Fsp3) is 0.458. The zero-order valence-electron chi connectivity index (χ0n) is 19.3. The van der Waals surface area contributed by atoms with Gasteiger partial charge in [-0.3, -0.25) is 23.9 Å². The summed E-state index contributed by atoms with van der Waals surface area (Å²) in [5.41, 5.74) is 2.22. The number of hydrogen-bond acceptors (Lipinski definition) is 7. The Balaban J connectivity index is 1.23. The third kappa shape index (κ3) is 7.06. The Kier molecular flexibility index (Phi) is 9.06. The van der Waals surface area contributed by atoms with Gasteiger partial charge in [0.2, 0.25) is 17.7 Å². The smallest absolute Gasteiger partial charge is 0.230 e. The van der Waals surface area contributed by atoms with Gasteiger partial charge in [-0.2, -0.15) is 0 Å². The molecule has 1 saturated heterocycles. The summed E-state index contributed by atoms with van der Waals surface area (Å²) in [4.78, 5) is 36.5. The van der Waals surface area contributed by atoms with E-state index in [0.717, 1.165) is 5.56 Å². The highest BCUT2D eigenvalue weighted by Crippen LogP contribution is 2.26. The topological polar surface area (TPSA) is 130 Å². The number of aryl methyl sites for hydroxylation is 2. The van der Waals surface area contributed by atoms with Crippen LogP contribution in [0.1, 0.15) is 30.4 Å². The van der Waals surface area contributed by atoms with Gasteiger partial charge in [0, 0.05) is 36.7 Å². The quantitative estimate of drug-likeness (QED) is 0.299. The SMILES string of the molecule is Cc1cc(O)n(CCOCCOCCC(=O)Nc2ccc(CCC(=O)N3CCC3=O)cc2)c1O. The second-order valence-corrected chi connectivity index (χ2v) is 8.07. The van der Waals surface area contributed by atoms with E-state index in [9.17, 15) is 24.6 Å². The Morgan fingerprint density at radius 3 is 2.32 bits per heavy atom. The van der Waals surface area contributed by atoms with Crippen LogP contribution in [0.2, 0.25) is 0 Å². The molecule has 0 unspecified atom stereocenters. The minimum Gasteiger partial charge on any atom is -0.494 e. The van der Waals surface area contributed by atoms with Crippen molar-refractivity contribution in [1.82, 2.24) is 9.47 Å². The van der Waals surface area contributed by atoms with Gasteiger partial charge in [0.25, 0.3) is 0 Å². The van der Waals surface area contributed by atoms with E-state index in [2.05, 4.69) is 5.32 Å². The van der Waals surface area contributed by atoms with Crippen molar-refractivity contribution < 1.29 is 34.1 Å². The Morgan fingerprint density at radius 2 is 1.74 bits per heavy atom. The fourth-order valence-corrected chi connectivity index (χ4v) is 3.46. The van der Waals surface area contributed by atoms with Gasteiger partial charge in [0.1, 0.15) is 0 Å². The highest BCUT2D eigenvalue weighted by Gasteiger charge is 2.29. The van der Waals surface area contributed by atoms with Gasteiger partial charge in [-0.25, -0.2) is 0 Å². The number of carbonyl (C=O) groups is 3. The summed E-state index contributed by atoms with van der Waals surface area (Å²) in [5.74, 6) is -0.411. The van der Waals surface area contributed by atoms with Crippen molar-refractivity contribution in [2.24, 2.45) is 0 Å². The molecule has 1 aromatic carbocycles. The second-order valence-electron chi connectivity index (χ2n) is 8.07. The third-order valence-electron chi connectivity index (χ3n) is 5.55. The highest BCUT2D eigenvalue weighted by molar-refractivity contribution is 5.99. The Labute approximate surface area is 198 Å². The van der Waals surface area contributed by atoms with E-state index in [-0.39, 0.29) is 48.9 Å². The summed E-state index contributed by atoms with van der Waals surface area (Å²) in [6, 6.07) is 8.75. The summed E-state index contributed by atoms with van der Waals surface area (Å²) >= 11 is 0. The first-order chi connectivity index (χ1) is 16.3. The van der Waals surface area contributed by atoms with Gasteiger partial charge < -0.3 is 25.0 Å². The number of benzene rings is 1. The van der Waals surface area contributed by atoms with Crippen molar-refractivity contribution in [3.8, 4) is 11.8 Å². The zero-order valence-corrected chi connectivity index (χ0v) is 19.3. The van der Waals surface area contributed by atoms with Crippen molar-refractivity contribution in [3.63, 3.8) is 0 Å². The maximum Gasteiger partial charge on any atom is 0.230 e. The molecule has 0 spiro atoms. The van der Waals surface area contributed by atoms with Crippen LogP contribution in [0, 0.1) is 6.92 Å². The molecule has 34 heavy (non-hydrogen) atoms. The molecule has 10 heteroatoms. The molecule has 3 N–H and O–H groups in total. The standard InChI is InChI=1S/C24H31N3O7/c1-17-16-23(31)27(24(17)32)11-13-34-15-14-33-12-9-20(28)25-19-5-2-18(3-6-19)4-7-21(29)26-10-8-22(26)30/h2-3,5-6,16,31-32H,4,7-15H2,1H3,(H,25,28). The molecule has 1 fully saturated rings. The summed E-state index contributed by atoms with van der Waals surface area (Å²) < 4.78 is 12.2. The number of ether oxygens (including phenoxy) is 2. The van der Waals surface area contributed by atoms with Crippen LogP contribution in [0.5, 0.6) is 11.8 Å². The van der Waals surface area contributed by atoms with Crippen LogP contribution in [0.25, 0.3) is 0 Å². The number of rotatable bonds is 13. The largest absolute Gasteiger partial charge is 0.494 e. The van der Waals surface area contributed by atoms with E-state index in [0.29, 0.717) is 57.0 Å². The van der Waals surface area contributed by atoms with E-state index in [1.54, 1.807) is 19.1 Å². The number of nitrogens with one attached hydrogen (secondary N) is 1. The number of β-lactam (4-membered cyclic amide) rings is 1. The van der Waals surface area contributed by atoms with Crippen LogP contribution in [-0.4, -0.2) is 70.4 Å². The van der Waals surface area contributed by atoms with Crippen molar-refractivity contribution >= 4 is 23.4 Å². The van der Waals surface area contributed by atoms with Gasteiger partial charge in [0.05, 0.1) is 39.4 Å². The molecule has 3 amide bonds.